The molecule has 0 saturated carbocycles. The van der Waals surface area contributed by atoms with Gasteiger partial charge >= 0.3 is 0 Å². The van der Waals surface area contributed by atoms with Crippen LogP contribution in [0.4, 0.5) is 0 Å². The Morgan fingerprint density at radius 1 is 1.38 bits per heavy atom. The van der Waals surface area contributed by atoms with Crippen LogP contribution >= 0.6 is 22.6 Å². The number of carbonyl (C=O) groups excluding carboxylic acids is 2. The van der Waals surface area contributed by atoms with Crippen molar-refractivity contribution in [1.29, 1.82) is 0 Å². The molecule has 0 unspecified atom stereocenters. The van der Waals surface area contributed by atoms with E-state index in [1.165, 1.54) is 6.92 Å². The van der Waals surface area contributed by atoms with Crippen molar-refractivity contribution in [1.82, 2.24) is 15.6 Å². The second-order valence-electron chi connectivity index (χ2n) is 4.86. The summed E-state index contributed by atoms with van der Waals surface area (Å²) in [4.78, 5) is 26.6. The molecule has 1 atom stereocenters. The lowest BCUT2D eigenvalue weighted by atomic mass is 10.0. The third kappa shape index (κ3) is 3.96. The Morgan fingerprint density at radius 2 is 2.14 bits per heavy atom. The molecule has 0 radical (unpaired) electrons. The van der Waals surface area contributed by atoms with Crippen molar-refractivity contribution in [3.63, 3.8) is 0 Å². The summed E-state index contributed by atoms with van der Waals surface area (Å²) in [5.41, 5.74) is 2.05. The molecular weight excluding hydrogens is 381 g/mol. The van der Waals surface area contributed by atoms with Crippen LogP contribution in [0.2, 0.25) is 0 Å². The van der Waals surface area contributed by atoms with Crippen molar-refractivity contribution < 1.29 is 9.59 Å². The predicted octanol–water partition coefficient (Wildman–Crippen LogP) is 1.96. The number of carbonyl (C=O) groups is 2. The van der Waals surface area contributed by atoms with Crippen molar-refractivity contribution in [3.8, 4) is 0 Å². The third-order valence-electron chi connectivity index (χ3n) is 3.20. The zero-order valence-corrected chi connectivity index (χ0v) is 14.2. The number of hydrogen-bond donors (Lipinski definition) is 3. The van der Waals surface area contributed by atoms with Gasteiger partial charge in [0.15, 0.2) is 0 Å². The fourth-order valence-electron chi connectivity index (χ4n) is 2.29. The van der Waals surface area contributed by atoms with E-state index >= 15 is 0 Å². The molecule has 6 heteroatoms. The Morgan fingerprint density at radius 3 is 2.81 bits per heavy atom. The van der Waals surface area contributed by atoms with Crippen LogP contribution in [0, 0.1) is 3.57 Å². The quantitative estimate of drug-likeness (QED) is 0.673. The van der Waals surface area contributed by atoms with Gasteiger partial charge in [0.1, 0.15) is 6.04 Å². The van der Waals surface area contributed by atoms with Gasteiger partial charge in [-0.25, -0.2) is 0 Å². The molecule has 1 aromatic heterocycles. The molecule has 3 N–H and O–H groups in total. The van der Waals surface area contributed by atoms with Gasteiger partial charge in [0.2, 0.25) is 11.8 Å². The third-order valence-corrected chi connectivity index (χ3v) is 3.87. The number of aromatic nitrogens is 1. The average molecular weight is 399 g/mol. The Balaban J connectivity index is 2.27. The summed E-state index contributed by atoms with van der Waals surface area (Å²) in [6.07, 6.45) is 2.36. The summed E-state index contributed by atoms with van der Waals surface area (Å²) < 4.78 is 1.13. The molecule has 21 heavy (non-hydrogen) atoms. The van der Waals surface area contributed by atoms with Gasteiger partial charge in [0, 0.05) is 40.6 Å². The van der Waals surface area contributed by atoms with Crippen LogP contribution in [-0.2, 0) is 16.0 Å². The maximum absolute atomic E-state index is 12.1. The fraction of sp³-hybridized carbons (Fsp3) is 0.333. The topological polar surface area (TPSA) is 74.0 Å². The van der Waals surface area contributed by atoms with E-state index in [1.807, 2.05) is 25.3 Å². The summed E-state index contributed by atoms with van der Waals surface area (Å²) in [6, 6.07) is 5.56. The normalized spacial score (nSPS) is 12.1. The highest BCUT2D eigenvalue weighted by Gasteiger charge is 2.20. The molecule has 2 aromatic rings. The molecule has 5 nitrogen and oxygen atoms in total. The summed E-state index contributed by atoms with van der Waals surface area (Å²) >= 11 is 2.26. The van der Waals surface area contributed by atoms with E-state index in [0.717, 1.165) is 20.0 Å². The Labute approximate surface area is 137 Å². The van der Waals surface area contributed by atoms with Gasteiger partial charge in [-0.3, -0.25) is 9.59 Å². The smallest absolute Gasteiger partial charge is 0.242 e. The van der Waals surface area contributed by atoms with Crippen molar-refractivity contribution >= 4 is 45.3 Å². The number of rotatable bonds is 5. The summed E-state index contributed by atoms with van der Waals surface area (Å²) in [6.45, 7) is 3.82. The first-order chi connectivity index (χ1) is 10.0. The summed E-state index contributed by atoms with van der Waals surface area (Å²) in [5.74, 6) is -0.367. The molecule has 0 aliphatic heterocycles. The molecule has 0 bridgehead atoms. The minimum atomic E-state index is -0.556. The number of H-pyrrole nitrogens is 1. The van der Waals surface area contributed by atoms with Crippen LogP contribution in [0.15, 0.2) is 24.4 Å². The van der Waals surface area contributed by atoms with Crippen molar-refractivity contribution in [2.24, 2.45) is 0 Å². The highest BCUT2D eigenvalue weighted by Crippen LogP contribution is 2.22. The fourth-order valence-corrected chi connectivity index (χ4v) is 2.78. The van der Waals surface area contributed by atoms with Gasteiger partial charge < -0.3 is 15.6 Å². The first kappa shape index (κ1) is 15.8. The number of benzene rings is 1. The molecule has 0 aliphatic carbocycles. The van der Waals surface area contributed by atoms with E-state index in [2.05, 4.69) is 44.3 Å². The van der Waals surface area contributed by atoms with E-state index in [-0.39, 0.29) is 11.8 Å². The molecule has 2 amide bonds. The van der Waals surface area contributed by atoms with Gasteiger partial charge in [-0.05, 0) is 53.3 Å². The van der Waals surface area contributed by atoms with E-state index < -0.39 is 6.04 Å². The number of halogens is 1. The number of likely N-dealkylation sites (N-methyl/N-ethyl adjacent to an activating group) is 1. The van der Waals surface area contributed by atoms with Gasteiger partial charge in [-0.2, -0.15) is 0 Å². The zero-order chi connectivity index (χ0) is 15.4. The van der Waals surface area contributed by atoms with Crippen LogP contribution in [0.5, 0.6) is 0 Å². The monoisotopic (exact) mass is 399 g/mol. The molecule has 0 saturated heterocycles. The lowest BCUT2D eigenvalue weighted by Gasteiger charge is -2.16. The molecule has 1 heterocycles. The molecule has 0 aliphatic rings. The minimum Gasteiger partial charge on any atom is -0.361 e. The Kier molecular flexibility index (Phi) is 5.22. The second-order valence-corrected chi connectivity index (χ2v) is 6.10. The highest BCUT2D eigenvalue weighted by atomic mass is 127. The first-order valence-corrected chi connectivity index (χ1v) is 7.89. The number of amides is 2. The molecule has 0 fully saturated rings. The Hall–Kier alpha value is -1.57. The van der Waals surface area contributed by atoms with Crippen LogP contribution in [0.25, 0.3) is 10.9 Å². The standard InChI is InChI=1S/C15H18IN3O2/c1-3-17-15(21)14(19-9(2)20)6-10-8-18-13-5-4-11(16)7-12(10)13/h4-5,7-8,14,18H,3,6H2,1-2H3,(H,17,21)(H,19,20)/t14-/m0/s1. The predicted molar refractivity (Wildman–Crippen MR) is 91.0 cm³/mol. The van der Waals surface area contributed by atoms with Crippen LogP contribution in [0.3, 0.4) is 0 Å². The molecule has 2 rings (SSSR count). The van der Waals surface area contributed by atoms with Crippen molar-refractivity contribution in [3.05, 3.63) is 33.5 Å². The average Bonchev–Trinajstić information content (AvgIpc) is 2.80. The molecule has 112 valence electrons. The minimum absolute atomic E-state index is 0.160. The van der Waals surface area contributed by atoms with Crippen LogP contribution < -0.4 is 10.6 Å². The van der Waals surface area contributed by atoms with Gasteiger partial charge in [0.25, 0.3) is 0 Å². The molecule has 1 aromatic carbocycles. The van der Waals surface area contributed by atoms with Gasteiger partial charge in [-0.1, -0.05) is 0 Å². The number of fused-ring (bicyclic) bond motifs is 1. The van der Waals surface area contributed by atoms with Crippen LogP contribution in [-0.4, -0.2) is 29.4 Å². The lowest BCUT2D eigenvalue weighted by Crippen LogP contribution is -2.47. The maximum Gasteiger partial charge on any atom is 0.242 e. The van der Waals surface area contributed by atoms with E-state index in [1.54, 1.807) is 0 Å². The number of nitrogens with one attached hydrogen (secondary N) is 3. The van der Waals surface area contributed by atoms with E-state index in [9.17, 15) is 9.59 Å². The highest BCUT2D eigenvalue weighted by molar-refractivity contribution is 14.1. The lowest BCUT2D eigenvalue weighted by molar-refractivity contribution is -0.128. The van der Waals surface area contributed by atoms with Gasteiger partial charge in [-0.15, -0.1) is 0 Å². The van der Waals surface area contributed by atoms with Crippen molar-refractivity contribution in [2.75, 3.05) is 6.54 Å². The van der Waals surface area contributed by atoms with E-state index in [4.69, 9.17) is 0 Å². The zero-order valence-electron chi connectivity index (χ0n) is 12.0. The van der Waals surface area contributed by atoms with Crippen LogP contribution in [0.1, 0.15) is 19.4 Å². The summed E-state index contributed by atoms with van der Waals surface area (Å²) in [7, 11) is 0. The first-order valence-electron chi connectivity index (χ1n) is 6.81. The Bertz CT molecular complexity index is 666. The molecular formula is C15H18IN3O2. The van der Waals surface area contributed by atoms with E-state index in [0.29, 0.717) is 13.0 Å². The largest absolute Gasteiger partial charge is 0.361 e. The summed E-state index contributed by atoms with van der Waals surface area (Å²) in [5, 5.41) is 6.56. The second kappa shape index (κ2) is 6.93. The van der Waals surface area contributed by atoms with Gasteiger partial charge in [0.05, 0.1) is 0 Å². The number of hydrogen-bond acceptors (Lipinski definition) is 2. The molecule has 0 spiro atoms. The maximum atomic E-state index is 12.1. The van der Waals surface area contributed by atoms with Crippen molar-refractivity contribution in [2.45, 2.75) is 26.3 Å². The number of aromatic amines is 1. The SMILES string of the molecule is CCNC(=O)[C@H](Cc1c[nH]c2ccc(I)cc12)NC(C)=O.